The zero-order chi connectivity index (χ0) is 12.0. The Morgan fingerprint density at radius 2 is 2.38 bits per heavy atom. The van der Waals surface area contributed by atoms with Crippen LogP contribution in [-0.4, -0.2) is 43.9 Å². The van der Waals surface area contributed by atoms with Gasteiger partial charge in [-0.3, -0.25) is 4.79 Å². The maximum atomic E-state index is 11.8. The second-order valence-electron chi connectivity index (χ2n) is 4.39. The number of rotatable bonds is 6. The van der Waals surface area contributed by atoms with Gasteiger partial charge in [0.25, 0.3) is 0 Å². The predicted molar refractivity (Wildman–Crippen MR) is 60.8 cm³/mol. The highest BCUT2D eigenvalue weighted by molar-refractivity contribution is 5.79. The molecule has 1 aliphatic carbocycles. The molecule has 1 aliphatic rings. The molecule has 1 rings (SSSR count). The molecule has 0 aromatic carbocycles. The number of carbonyl (C=O) groups excluding carboxylic acids is 1. The lowest BCUT2D eigenvalue weighted by Gasteiger charge is -2.18. The van der Waals surface area contributed by atoms with Crippen molar-refractivity contribution in [3.8, 4) is 0 Å². The molecule has 0 saturated heterocycles. The SMILES string of the molecule is COCC(O)CNC(=O)C1CCCC1CN. The minimum Gasteiger partial charge on any atom is -0.389 e. The van der Waals surface area contributed by atoms with E-state index in [0.29, 0.717) is 12.5 Å². The Morgan fingerprint density at radius 1 is 1.62 bits per heavy atom. The number of nitrogens with one attached hydrogen (secondary N) is 1. The second-order valence-corrected chi connectivity index (χ2v) is 4.39. The van der Waals surface area contributed by atoms with Gasteiger partial charge in [0.05, 0.1) is 12.7 Å². The normalized spacial score (nSPS) is 26.7. The molecule has 0 aliphatic heterocycles. The van der Waals surface area contributed by atoms with Gasteiger partial charge >= 0.3 is 0 Å². The van der Waals surface area contributed by atoms with Crippen LogP contribution in [0.5, 0.6) is 0 Å². The third-order valence-corrected chi connectivity index (χ3v) is 3.17. The van der Waals surface area contributed by atoms with Crippen LogP contribution in [-0.2, 0) is 9.53 Å². The molecule has 0 bridgehead atoms. The lowest BCUT2D eigenvalue weighted by Crippen LogP contribution is -2.40. The van der Waals surface area contributed by atoms with Crippen LogP contribution in [0, 0.1) is 11.8 Å². The largest absolute Gasteiger partial charge is 0.389 e. The van der Waals surface area contributed by atoms with Crippen LogP contribution in [0.1, 0.15) is 19.3 Å². The lowest BCUT2D eigenvalue weighted by molar-refractivity contribution is -0.126. The lowest BCUT2D eigenvalue weighted by atomic mass is 9.95. The smallest absolute Gasteiger partial charge is 0.223 e. The van der Waals surface area contributed by atoms with E-state index in [1.807, 2.05) is 0 Å². The van der Waals surface area contributed by atoms with E-state index in [9.17, 15) is 9.90 Å². The van der Waals surface area contributed by atoms with Crippen molar-refractivity contribution in [3.63, 3.8) is 0 Å². The number of ether oxygens (including phenoxy) is 1. The van der Waals surface area contributed by atoms with Crippen molar-refractivity contribution in [2.24, 2.45) is 17.6 Å². The van der Waals surface area contributed by atoms with Gasteiger partial charge in [0.15, 0.2) is 0 Å². The molecule has 0 spiro atoms. The van der Waals surface area contributed by atoms with Crippen molar-refractivity contribution < 1.29 is 14.6 Å². The predicted octanol–water partition coefficient (Wildman–Crippen LogP) is -0.515. The van der Waals surface area contributed by atoms with Crippen LogP contribution in [0.4, 0.5) is 0 Å². The Balaban J connectivity index is 2.29. The van der Waals surface area contributed by atoms with Gasteiger partial charge in [0.1, 0.15) is 0 Å². The van der Waals surface area contributed by atoms with E-state index in [1.54, 1.807) is 0 Å². The topological polar surface area (TPSA) is 84.6 Å². The zero-order valence-electron chi connectivity index (χ0n) is 9.82. The molecule has 3 unspecified atom stereocenters. The Morgan fingerprint density at radius 3 is 3.00 bits per heavy atom. The highest BCUT2D eigenvalue weighted by Crippen LogP contribution is 2.30. The van der Waals surface area contributed by atoms with Gasteiger partial charge < -0.3 is 20.9 Å². The van der Waals surface area contributed by atoms with Gasteiger partial charge in [0, 0.05) is 19.6 Å². The molecular formula is C11H22N2O3. The monoisotopic (exact) mass is 230 g/mol. The highest BCUT2D eigenvalue weighted by atomic mass is 16.5. The third-order valence-electron chi connectivity index (χ3n) is 3.17. The van der Waals surface area contributed by atoms with Crippen molar-refractivity contribution in [2.75, 3.05) is 26.8 Å². The fourth-order valence-corrected chi connectivity index (χ4v) is 2.26. The average Bonchev–Trinajstić information content (AvgIpc) is 2.74. The number of aliphatic hydroxyl groups is 1. The van der Waals surface area contributed by atoms with Crippen LogP contribution in [0.3, 0.4) is 0 Å². The summed E-state index contributed by atoms with van der Waals surface area (Å²) in [6, 6.07) is 0. The molecule has 1 amide bonds. The summed E-state index contributed by atoms with van der Waals surface area (Å²) in [5.41, 5.74) is 5.62. The average molecular weight is 230 g/mol. The molecule has 5 heteroatoms. The first-order valence-corrected chi connectivity index (χ1v) is 5.83. The van der Waals surface area contributed by atoms with E-state index in [1.165, 1.54) is 7.11 Å². The van der Waals surface area contributed by atoms with Gasteiger partial charge in [-0.25, -0.2) is 0 Å². The number of methoxy groups -OCH3 is 1. The Kier molecular flexibility index (Phi) is 5.73. The fourth-order valence-electron chi connectivity index (χ4n) is 2.26. The Labute approximate surface area is 96.3 Å². The summed E-state index contributed by atoms with van der Waals surface area (Å²) in [5.74, 6) is 0.349. The van der Waals surface area contributed by atoms with E-state index in [0.717, 1.165) is 19.3 Å². The number of carbonyl (C=O) groups is 1. The van der Waals surface area contributed by atoms with Crippen LogP contribution >= 0.6 is 0 Å². The molecule has 4 N–H and O–H groups in total. The molecule has 0 radical (unpaired) electrons. The molecule has 1 saturated carbocycles. The fraction of sp³-hybridized carbons (Fsp3) is 0.909. The first-order chi connectivity index (χ1) is 7.69. The van der Waals surface area contributed by atoms with Gasteiger partial charge in [-0.15, -0.1) is 0 Å². The van der Waals surface area contributed by atoms with Gasteiger partial charge in [-0.2, -0.15) is 0 Å². The molecule has 16 heavy (non-hydrogen) atoms. The maximum absolute atomic E-state index is 11.8. The van der Waals surface area contributed by atoms with Gasteiger partial charge in [-0.1, -0.05) is 6.42 Å². The minimum absolute atomic E-state index is 0.0168. The zero-order valence-corrected chi connectivity index (χ0v) is 9.82. The molecule has 0 aromatic heterocycles. The van der Waals surface area contributed by atoms with Crippen LogP contribution in [0.25, 0.3) is 0 Å². The van der Waals surface area contributed by atoms with Gasteiger partial charge in [-0.05, 0) is 25.3 Å². The quantitative estimate of drug-likeness (QED) is 0.573. The maximum Gasteiger partial charge on any atom is 0.223 e. The first kappa shape index (κ1) is 13.4. The van der Waals surface area contributed by atoms with E-state index < -0.39 is 6.10 Å². The summed E-state index contributed by atoms with van der Waals surface area (Å²) in [5, 5.41) is 12.1. The minimum atomic E-state index is -0.633. The summed E-state index contributed by atoms with van der Waals surface area (Å²) in [4.78, 5) is 11.8. The van der Waals surface area contributed by atoms with Crippen molar-refractivity contribution in [3.05, 3.63) is 0 Å². The Hall–Kier alpha value is -0.650. The molecule has 0 aromatic rings. The van der Waals surface area contributed by atoms with Crippen LogP contribution < -0.4 is 11.1 Å². The molecular weight excluding hydrogens is 208 g/mol. The second kappa shape index (κ2) is 6.83. The van der Waals surface area contributed by atoms with Gasteiger partial charge in [0.2, 0.25) is 5.91 Å². The molecule has 3 atom stereocenters. The number of hydrogen-bond acceptors (Lipinski definition) is 4. The van der Waals surface area contributed by atoms with Crippen LogP contribution in [0.15, 0.2) is 0 Å². The van der Waals surface area contributed by atoms with Crippen molar-refractivity contribution in [1.82, 2.24) is 5.32 Å². The van der Waals surface area contributed by atoms with E-state index >= 15 is 0 Å². The summed E-state index contributed by atoms with van der Waals surface area (Å²) >= 11 is 0. The standard InChI is InChI=1S/C11H22N2O3/c1-16-7-9(14)6-13-11(15)10-4-2-3-8(10)5-12/h8-10,14H,2-7,12H2,1H3,(H,13,15). The van der Waals surface area contributed by atoms with Crippen molar-refractivity contribution in [2.45, 2.75) is 25.4 Å². The summed E-state index contributed by atoms with van der Waals surface area (Å²) in [6.07, 6.45) is 2.39. The molecule has 94 valence electrons. The summed E-state index contributed by atoms with van der Waals surface area (Å²) < 4.78 is 4.78. The number of amides is 1. The van der Waals surface area contributed by atoms with E-state index in [2.05, 4.69) is 5.32 Å². The summed E-state index contributed by atoms with van der Waals surface area (Å²) in [7, 11) is 1.52. The first-order valence-electron chi connectivity index (χ1n) is 5.83. The number of aliphatic hydroxyl groups excluding tert-OH is 1. The molecule has 5 nitrogen and oxygen atoms in total. The van der Waals surface area contributed by atoms with Crippen molar-refractivity contribution in [1.29, 1.82) is 0 Å². The van der Waals surface area contributed by atoms with Crippen molar-refractivity contribution >= 4 is 5.91 Å². The highest BCUT2D eigenvalue weighted by Gasteiger charge is 2.31. The van der Waals surface area contributed by atoms with E-state index in [-0.39, 0.29) is 25.0 Å². The van der Waals surface area contributed by atoms with E-state index in [4.69, 9.17) is 10.5 Å². The number of hydrogen-bond donors (Lipinski definition) is 3. The molecule has 1 fully saturated rings. The number of nitrogens with two attached hydrogens (primary N) is 1. The summed E-state index contributed by atoms with van der Waals surface area (Å²) in [6.45, 7) is 1.06. The third kappa shape index (κ3) is 3.73. The van der Waals surface area contributed by atoms with Crippen LogP contribution in [0.2, 0.25) is 0 Å². The Bertz CT molecular complexity index is 223. The molecule has 0 heterocycles.